The van der Waals surface area contributed by atoms with E-state index in [2.05, 4.69) is 26.8 Å². The molecular weight excluding hydrogens is 252 g/mol. The largest absolute Gasteiger partial charge is 0.396 e. The standard InChI is InChI=1S/C16H20N2O2/c1-16(2,3)11-5-6-12-13(9-11)14(10-17)18(15(12)20)7-4-8-19/h5-6,9,14,19H,4,7-8H2,1-3H3. The number of aliphatic hydroxyl groups is 1. The van der Waals surface area contributed by atoms with E-state index in [-0.39, 0.29) is 17.9 Å². The molecule has 0 aliphatic carbocycles. The van der Waals surface area contributed by atoms with Crippen LogP contribution in [-0.2, 0) is 5.41 Å². The number of nitrogens with zero attached hydrogens (tertiary/aromatic N) is 2. The van der Waals surface area contributed by atoms with Crippen LogP contribution >= 0.6 is 0 Å². The van der Waals surface area contributed by atoms with Gasteiger partial charge in [0.15, 0.2) is 0 Å². The molecule has 1 amide bonds. The number of aliphatic hydroxyl groups excluding tert-OH is 1. The highest BCUT2D eigenvalue weighted by atomic mass is 16.3. The average molecular weight is 272 g/mol. The van der Waals surface area contributed by atoms with Crippen molar-refractivity contribution in [2.24, 2.45) is 0 Å². The van der Waals surface area contributed by atoms with Gasteiger partial charge in [0.05, 0.1) is 6.07 Å². The predicted molar refractivity (Wildman–Crippen MR) is 76.2 cm³/mol. The summed E-state index contributed by atoms with van der Waals surface area (Å²) < 4.78 is 0. The van der Waals surface area contributed by atoms with Gasteiger partial charge in [0.1, 0.15) is 6.04 Å². The van der Waals surface area contributed by atoms with Gasteiger partial charge in [0, 0.05) is 24.3 Å². The van der Waals surface area contributed by atoms with Crippen molar-refractivity contribution in [2.75, 3.05) is 13.2 Å². The predicted octanol–water partition coefficient (Wildman–Crippen LogP) is 2.39. The number of hydrogen-bond donors (Lipinski definition) is 1. The summed E-state index contributed by atoms with van der Waals surface area (Å²) in [6, 6.07) is 7.43. The maximum Gasteiger partial charge on any atom is 0.255 e. The normalized spacial score (nSPS) is 18.1. The summed E-state index contributed by atoms with van der Waals surface area (Å²) in [4.78, 5) is 13.9. The van der Waals surface area contributed by atoms with Gasteiger partial charge in [-0.1, -0.05) is 32.9 Å². The van der Waals surface area contributed by atoms with Crippen LogP contribution in [0.25, 0.3) is 0 Å². The number of benzene rings is 1. The Kier molecular flexibility index (Phi) is 3.82. The van der Waals surface area contributed by atoms with Crippen LogP contribution in [0.3, 0.4) is 0 Å². The second-order valence-corrected chi connectivity index (χ2v) is 6.16. The first-order valence-electron chi connectivity index (χ1n) is 6.86. The molecule has 1 N–H and O–H groups in total. The summed E-state index contributed by atoms with van der Waals surface area (Å²) >= 11 is 0. The van der Waals surface area contributed by atoms with E-state index in [4.69, 9.17) is 5.11 Å². The monoisotopic (exact) mass is 272 g/mol. The van der Waals surface area contributed by atoms with Crippen molar-refractivity contribution in [1.82, 2.24) is 4.90 Å². The molecule has 0 saturated carbocycles. The van der Waals surface area contributed by atoms with E-state index in [1.165, 1.54) is 0 Å². The van der Waals surface area contributed by atoms with Crippen molar-refractivity contribution in [3.63, 3.8) is 0 Å². The number of rotatable bonds is 3. The van der Waals surface area contributed by atoms with E-state index < -0.39 is 6.04 Å². The van der Waals surface area contributed by atoms with Gasteiger partial charge in [-0.25, -0.2) is 0 Å². The fourth-order valence-electron chi connectivity index (χ4n) is 2.50. The first-order valence-corrected chi connectivity index (χ1v) is 6.86. The maximum atomic E-state index is 12.3. The minimum atomic E-state index is -0.536. The van der Waals surface area contributed by atoms with E-state index in [0.717, 1.165) is 11.1 Å². The molecule has 0 spiro atoms. The second kappa shape index (κ2) is 5.26. The fraction of sp³-hybridized carbons (Fsp3) is 0.500. The van der Waals surface area contributed by atoms with Gasteiger partial charge in [0.2, 0.25) is 0 Å². The molecule has 0 fully saturated rings. The Balaban J connectivity index is 2.42. The Labute approximate surface area is 119 Å². The molecule has 4 heteroatoms. The quantitative estimate of drug-likeness (QED) is 0.918. The lowest BCUT2D eigenvalue weighted by molar-refractivity contribution is 0.0746. The fourth-order valence-corrected chi connectivity index (χ4v) is 2.50. The molecule has 1 atom stereocenters. The van der Waals surface area contributed by atoms with Crippen LogP contribution in [0.4, 0.5) is 0 Å². The molecule has 106 valence electrons. The number of fused-ring (bicyclic) bond motifs is 1. The Morgan fingerprint density at radius 2 is 2.10 bits per heavy atom. The SMILES string of the molecule is CC(C)(C)c1ccc2c(c1)C(C#N)N(CCCO)C2=O. The number of carbonyl (C=O) groups is 1. The van der Waals surface area contributed by atoms with Crippen LogP contribution in [-0.4, -0.2) is 29.1 Å². The lowest BCUT2D eigenvalue weighted by Crippen LogP contribution is -2.28. The Bertz CT molecular complexity index is 567. The molecule has 1 aliphatic rings. The molecule has 4 nitrogen and oxygen atoms in total. The topological polar surface area (TPSA) is 64.3 Å². The lowest BCUT2D eigenvalue weighted by atomic mass is 9.85. The lowest BCUT2D eigenvalue weighted by Gasteiger charge is -2.21. The highest BCUT2D eigenvalue weighted by molar-refractivity contribution is 5.99. The van der Waals surface area contributed by atoms with Crippen LogP contribution in [0, 0.1) is 11.3 Å². The molecule has 0 radical (unpaired) electrons. The summed E-state index contributed by atoms with van der Waals surface area (Å²) in [5.74, 6) is -0.111. The smallest absolute Gasteiger partial charge is 0.255 e. The molecule has 0 aromatic heterocycles. The van der Waals surface area contributed by atoms with Crippen LogP contribution in [0.15, 0.2) is 18.2 Å². The molecular formula is C16H20N2O2. The molecule has 0 bridgehead atoms. The van der Waals surface area contributed by atoms with Gasteiger partial charge in [0.25, 0.3) is 5.91 Å². The Morgan fingerprint density at radius 3 is 2.65 bits per heavy atom. The summed E-state index contributed by atoms with van der Waals surface area (Å²) in [6.07, 6.45) is 0.490. The summed E-state index contributed by atoms with van der Waals surface area (Å²) in [5.41, 5.74) is 2.51. The van der Waals surface area contributed by atoms with Gasteiger partial charge in [-0.2, -0.15) is 5.26 Å². The van der Waals surface area contributed by atoms with E-state index in [1.807, 2.05) is 18.2 Å². The van der Waals surface area contributed by atoms with Crippen molar-refractivity contribution in [2.45, 2.75) is 38.6 Å². The molecule has 1 unspecified atom stereocenters. The number of carbonyl (C=O) groups excluding carboxylic acids is 1. The summed E-state index contributed by atoms with van der Waals surface area (Å²) in [6.45, 7) is 6.75. The molecule has 2 rings (SSSR count). The zero-order valence-corrected chi connectivity index (χ0v) is 12.2. The van der Waals surface area contributed by atoms with Crippen LogP contribution in [0.2, 0.25) is 0 Å². The second-order valence-electron chi connectivity index (χ2n) is 6.16. The molecule has 1 aliphatic heterocycles. The molecule has 0 saturated heterocycles. The Hall–Kier alpha value is -1.86. The van der Waals surface area contributed by atoms with Gasteiger partial charge in [-0.15, -0.1) is 0 Å². The van der Waals surface area contributed by atoms with E-state index in [1.54, 1.807) is 4.90 Å². The minimum absolute atomic E-state index is 0.0173. The van der Waals surface area contributed by atoms with Crippen molar-refractivity contribution >= 4 is 5.91 Å². The third kappa shape index (κ3) is 2.41. The number of hydrogen-bond acceptors (Lipinski definition) is 3. The zero-order valence-electron chi connectivity index (χ0n) is 12.2. The van der Waals surface area contributed by atoms with E-state index in [9.17, 15) is 10.1 Å². The van der Waals surface area contributed by atoms with Gasteiger partial charge >= 0.3 is 0 Å². The van der Waals surface area contributed by atoms with Crippen molar-refractivity contribution in [3.05, 3.63) is 34.9 Å². The minimum Gasteiger partial charge on any atom is -0.396 e. The highest BCUT2D eigenvalue weighted by Crippen LogP contribution is 2.36. The maximum absolute atomic E-state index is 12.3. The first kappa shape index (κ1) is 14.5. The Morgan fingerprint density at radius 1 is 1.40 bits per heavy atom. The molecule has 1 aromatic rings. The van der Waals surface area contributed by atoms with Crippen LogP contribution < -0.4 is 0 Å². The van der Waals surface area contributed by atoms with E-state index in [0.29, 0.717) is 18.5 Å². The van der Waals surface area contributed by atoms with Crippen LogP contribution in [0.5, 0.6) is 0 Å². The van der Waals surface area contributed by atoms with Gasteiger partial charge < -0.3 is 10.0 Å². The van der Waals surface area contributed by atoms with Crippen LogP contribution in [0.1, 0.15) is 54.7 Å². The van der Waals surface area contributed by atoms with Crippen molar-refractivity contribution < 1.29 is 9.90 Å². The van der Waals surface area contributed by atoms with Crippen molar-refractivity contribution in [1.29, 1.82) is 5.26 Å². The van der Waals surface area contributed by atoms with Crippen molar-refractivity contribution in [3.8, 4) is 6.07 Å². The van der Waals surface area contributed by atoms with Gasteiger partial charge in [-0.05, 0) is 23.5 Å². The summed E-state index contributed by atoms with van der Waals surface area (Å²) in [7, 11) is 0. The third-order valence-corrected chi connectivity index (χ3v) is 3.69. The zero-order chi connectivity index (χ0) is 14.9. The average Bonchev–Trinajstić information content (AvgIpc) is 2.67. The highest BCUT2D eigenvalue weighted by Gasteiger charge is 2.37. The first-order chi connectivity index (χ1) is 9.40. The van der Waals surface area contributed by atoms with E-state index >= 15 is 0 Å². The third-order valence-electron chi connectivity index (χ3n) is 3.69. The molecule has 20 heavy (non-hydrogen) atoms. The molecule has 1 aromatic carbocycles. The number of nitriles is 1. The van der Waals surface area contributed by atoms with Gasteiger partial charge in [-0.3, -0.25) is 4.79 Å². The number of amides is 1. The summed E-state index contributed by atoms with van der Waals surface area (Å²) in [5, 5.41) is 18.3. The molecule has 1 heterocycles.